The maximum Gasteiger partial charge on any atom is 0.210 e. The molecule has 0 atom stereocenters. The van der Waals surface area contributed by atoms with E-state index in [0.717, 1.165) is 24.5 Å². The Morgan fingerprint density at radius 2 is 1.97 bits per heavy atom. The summed E-state index contributed by atoms with van der Waals surface area (Å²) in [6.07, 6.45) is 3.28. The number of aryl methyl sites for hydroxylation is 1. The van der Waals surface area contributed by atoms with Gasteiger partial charge in [-0.2, -0.15) is 5.10 Å². The number of carbonyl (C=O) groups excluding carboxylic acids is 1. The molecular weight excluding hydrogens is 382 g/mol. The normalized spacial score (nSPS) is 13.8. The minimum atomic E-state index is -0.239. The molecule has 1 aliphatic rings. The summed E-state index contributed by atoms with van der Waals surface area (Å²) in [6.45, 7) is 10.4. The maximum absolute atomic E-state index is 13.5. The van der Waals surface area contributed by atoms with Crippen LogP contribution in [0.3, 0.4) is 0 Å². The average Bonchev–Trinajstić information content (AvgIpc) is 3.20. The quantitative estimate of drug-likeness (QED) is 0.513. The predicted octanol–water partition coefficient (Wildman–Crippen LogP) is 1.95. The van der Waals surface area contributed by atoms with Gasteiger partial charge in [0.25, 0.3) is 0 Å². The van der Waals surface area contributed by atoms with Crippen molar-refractivity contribution < 1.29 is 9.53 Å². The molecule has 1 saturated heterocycles. The zero-order valence-corrected chi connectivity index (χ0v) is 16.6. The van der Waals surface area contributed by atoms with Crippen LogP contribution < -0.4 is 10.6 Å². The lowest BCUT2D eigenvalue weighted by Crippen LogP contribution is -2.36. The zero-order chi connectivity index (χ0) is 21.1. The molecule has 4 rings (SSSR count). The highest BCUT2D eigenvalue weighted by Crippen LogP contribution is 2.28. The minimum Gasteiger partial charge on any atom is -0.378 e. The van der Waals surface area contributed by atoms with Crippen molar-refractivity contribution in [1.82, 2.24) is 19.7 Å². The van der Waals surface area contributed by atoms with Crippen molar-refractivity contribution in [2.24, 2.45) is 12.8 Å². The van der Waals surface area contributed by atoms with E-state index in [4.69, 9.17) is 17.0 Å². The fourth-order valence-electron chi connectivity index (χ4n) is 3.33. The van der Waals surface area contributed by atoms with E-state index in [1.165, 1.54) is 0 Å². The number of morpholine rings is 1. The summed E-state index contributed by atoms with van der Waals surface area (Å²) < 4.78 is 6.96. The molecule has 0 bridgehead atoms. The Hall–Kier alpha value is -3.61. The van der Waals surface area contributed by atoms with E-state index in [0.29, 0.717) is 48.1 Å². The fraction of sp³-hybridized carbons (Fsp3) is 0.286. The number of hydrogen-bond donors (Lipinski definition) is 1. The summed E-state index contributed by atoms with van der Waals surface area (Å²) >= 11 is 0. The lowest BCUT2D eigenvalue weighted by atomic mass is 9.99. The number of rotatable bonds is 5. The van der Waals surface area contributed by atoms with Gasteiger partial charge in [0, 0.05) is 61.8 Å². The van der Waals surface area contributed by atoms with Gasteiger partial charge in [-0.05, 0) is 6.07 Å². The van der Waals surface area contributed by atoms with Crippen LogP contribution in [0.2, 0.25) is 0 Å². The van der Waals surface area contributed by atoms with Crippen molar-refractivity contribution in [3.63, 3.8) is 0 Å². The summed E-state index contributed by atoms with van der Waals surface area (Å²) in [5.41, 5.74) is 8.14. The number of benzene rings is 1. The number of hydrogen-bond acceptors (Lipinski definition) is 7. The molecule has 0 unspecified atom stereocenters. The Kier molecular flexibility index (Phi) is 5.52. The molecule has 2 N–H and O–H groups in total. The molecule has 3 heterocycles. The molecule has 3 aromatic rings. The summed E-state index contributed by atoms with van der Waals surface area (Å²) in [6, 6.07) is 6.71. The van der Waals surface area contributed by atoms with Crippen LogP contribution in [0.25, 0.3) is 16.2 Å². The van der Waals surface area contributed by atoms with Gasteiger partial charge < -0.3 is 15.4 Å². The highest BCUT2D eigenvalue weighted by molar-refractivity contribution is 6.12. The fourth-order valence-corrected chi connectivity index (χ4v) is 3.33. The largest absolute Gasteiger partial charge is 0.378 e. The summed E-state index contributed by atoms with van der Waals surface area (Å²) in [5.74, 6) is 0.898. The second-order valence-electron chi connectivity index (χ2n) is 6.90. The molecule has 9 nitrogen and oxygen atoms in total. The Labute approximate surface area is 173 Å². The first-order chi connectivity index (χ1) is 14.6. The topological polar surface area (TPSA) is 104 Å². The van der Waals surface area contributed by atoms with Crippen molar-refractivity contribution in [3.05, 3.63) is 64.9 Å². The van der Waals surface area contributed by atoms with Crippen LogP contribution >= 0.6 is 0 Å². The van der Waals surface area contributed by atoms with Crippen LogP contribution in [-0.2, 0) is 18.3 Å². The second-order valence-corrected chi connectivity index (χ2v) is 6.90. The highest BCUT2D eigenvalue weighted by Gasteiger charge is 2.23. The zero-order valence-electron chi connectivity index (χ0n) is 16.6. The average molecular weight is 403 g/mol. The van der Waals surface area contributed by atoms with Gasteiger partial charge in [-0.1, -0.05) is 12.1 Å². The molecule has 9 heteroatoms. The Balaban J connectivity index is 1.74. The van der Waals surface area contributed by atoms with Crippen molar-refractivity contribution in [2.75, 3.05) is 31.2 Å². The van der Waals surface area contributed by atoms with Gasteiger partial charge in [-0.25, -0.2) is 14.8 Å². The number of nitrogens with two attached hydrogens (primary N) is 1. The molecule has 0 radical (unpaired) electrons. The second kappa shape index (κ2) is 8.41. The molecule has 0 amide bonds. The first kappa shape index (κ1) is 19.7. The third-order valence-electron chi connectivity index (χ3n) is 4.99. The molecule has 0 aliphatic carbocycles. The van der Waals surface area contributed by atoms with Crippen LogP contribution in [0.15, 0.2) is 36.7 Å². The summed E-state index contributed by atoms with van der Waals surface area (Å²) in [7, 11) is 1.74. The van der Waals surface area contributed by atoms with Crippen molar-refractivity contribution in [2.45, 2.75) is 6.54 Å². The predicted molar refractivity (Wildman–Crippen MR) is 111 cm³/mol. The third-order valence-corrected chi connectivity index (χ3v) is 4.99. The first-order valence-electron chi connectivity index (χ1n) is 9.55. The van der Waals surface area contributed by atoms with E-state index in [1.807, 2.05) is 0 Å². The first-order valence-corrected chi connectivity index (χ1v) is 9.55. The van der Waals surface area contributed by atoms with E-state index in [9.17, 15) is 4.79 Å². The van der Waals surface area contributed by atoms with Crippen LogP contribution in [0.5, 0.6) is 0 Å². The van der Waals surface area contributed by atoms with Gasteiger partial charge in [0.15, 0.2) is 17.3 Å². The molecule has 2 aromatic heterocycles. The van der Waals surface area contributed by atoms with E-state index in [-0.39, 0.29) is 5.78 Å². The summed E-state index contributed by atoms with van der Waals surface area (Å²) in [5, 5.41) is 4.51. The standard InChI is InChI=1S/C21H21N7O2/c1-23-15-3-4-16(21-24-12-14(11-22)13-25-21)17(9-15)20(29)18-10-19(26-27(18)2)28-5-7-30-8-6-28/h3-4,9-10,12-13H,5-8,11,22H2,2H3. The molecule has 0 spiro atoms. The van der Waals surface area contributed by atoms with Crippen molar-refractivity contribution in [1.29, 1.82) is 0 Å². The van der Waals surface area contributed by atoms with Gasteiger partial charge in [0.1, 0.15) is 5.69 Å². The highest BCUT2D eigenvalue weighted by atomic mass is 16.5. The summed E-state index contributed by atoms with van der Waals surface area (Å²) in [4.78, 5) is 27.7. The van der Waals surface area contributed by atoms with Crippen molar-refractivity contribution in [3.8, 4) is 11.4 Å². The Morgan fingerprint density at radius 1 is 1.23 bits per heavy atom. The van der Waals surface area contributed by atoms with E-state index < -0.39 is 0 Å². The van der Waals surface area contributed by atoms with Gasteiger partial charge in [0.05, 0.1) is 19.8 Å². The monoisotopic (exact) mass is 403 g/mol. The van der Waals surface area contributed by atoms with Gasteiger partial charge in [0.2, 0.25) is 5.78 Å². The smallest absolute Gasteiger partial charge is 0.210 e. The number of ketones is 1. The van der Waals surface area contributed by atoms with Crippen molar-refractivity contribution >= 4 is 17.3 Å². The Bertz CT molecular complexity index is 1110. The van der Waals surface area contributed by atoms with Gasteiger partial charge in [-0.15, -0.1) is 0 Å². The number of carbonyl (C=O) groups is 1. The number of nitrogens with zero attached hydrogens (tertiary/aromatic N) is 6. The lowest BCUT2D eigenvalue weighted by Gasteiger charge is -2.26. The van der Waals surface area contributed by atoms with Crippen LogP contribution in [-0.4, -0.2) is 51.8 Å². The SMILES string of the molecule is [C-]#[N+]c1ccc(-c2ncc(CN)cn2)c(C(=O)c2cc(N3CCOCC3)nn2C)c1. The number of aromatic nitrogens is 4. The van der Waals surface area contributed by atoms with Gasteiger partial charge >= 0.3 is 0 Å². The lowest BCUT2D eigenvalue weighted by molar-refractivity contribution is 0.103. The van der Waals surface area contributed by atoms with Crippen LogP contribution in [0, 0.1) is 6.57 Å². The van der Waals surface area contributed by atoms with Gasteiger partial charge in [-0.3, -0.25) is 9.48 Å². The Morgan fingerprint density at radius 3 is 2.63 bits per heavy atom. The molecular formula is C21H21N7O2. The maximum atomic E-state index is 13.5. The number of ether oxygens (including phenoxy) is 1. The van der Waals surface area contributed by atoms with E-state index >= 15 is 0 Å². The van der Waals surface area contributed by atoms with E-state index in [1.54, 1.807) is 48.4 Å². The molecule has 1 aromatic carbocycles. The minimum absolute atomic E-state index is 0.239. The number of anilines is 1. The molecule has 30 heavy (non-hydrogen) atoms. The molecule has 0 saturated carbocycles. The molecule has 1 aliphatic heterocycles. The third kappa shape index (κ3) is 3.78. The van der Waals surface area contributed by atoms with Crippen LogP contribution in [0.1, 0.15) is 21.6 Å². The molecule has 152 valence electrons. The van der Waals surface area contributed by atoms with Crippen LogP contribution in [0.4, 0.5) is 11.5 Å². The molecule has 1 fully saturated rings. The van der Waals surface area contributed by atoms with E-state index in [2.05, 4.69) is 24.8 Å².